The number of amides is 1. The number of carbonyl (C=O) groups excluding carboxylic acids is 1. The summed E-state index contributed by atoms with van der Waals surface area (Å²) in [4.78, 5) is 13.3. The molecule has 0 spiro atoms. The molecule has 80 valence electrons. The second-order valence-corrected chi connectivity index (χ2v) is 4.16. The minimum atomic E-state index is 0.0715. The van der Waals surface area contributed by atoms with Gasteiger partial charge >= 0.3 is 0 Å². The summed E-state index contributed by atoms with van der Waals surface area (Å²) in [5.41, 5.74) is 8.74. The third-order valence-electron chi connectivity index (χ3n) is 3.06. The Labute approximate surface area is 93.5 Å². The molecule has 0 atom stereocenters. The first-order chi connectivity index (χ1) is 7.66. The highest BCUT2D eigenvalue weighted by atomic mass is 16.2. The van der Waals surface area contributed by atoms with E-state index in [1.165, 1.54) is 0 Å². The number of nitrogens with zero attached hydrogens (tertiary/aromatic N) is 1. The number of rotatable bonds is 0. The Morgan fingerprint density at radius 1 is 1.38 bits per heavy atom. The van der Waals surface area contributed by atoms with Crippen molar-refractivity contribution in [2.45, 2.75) is 13.5 Å². The topological polar surface area (TPSA) is 46.3 Å². The lowest BCUT2D eigenvalue weighted by Gasteiger charge is -2.14. The number of nitrogens with two attached hydrogens (primary N) is 1. The van der Waals surface area contributed by atoms with Crippen LogP contribution >= 0.6 is 0 Å². The van der Waals surface area contributed by atoms with Crippen LogP contribution in [0.25, 0.3) is 10.8 Å². The highest BCUT2D eigenvalue weighted by Gasteiger charge is 2.23. The molecule has 1 amide bonds. The molecular weight excluding hydrogens is 200 g/mol. The molecule has 3 rings (SSSR count). The molecular formula is C13H12N2O. The maximum Gasteiger partial charge on any atom is 0.224 e. The molecule has 16 heavy (non-hydrogen) atoms. The predicted molar refractivity (Wildman–Crippen MR) is 65.2 cm³/mol. The minimum absolute atomic E-state index is 0.0715. The number of hydrogen-bond donors (Lipinski definition) is 1. The molecule has 0 saturated heterocycles. The molecule has 2 N–H and O–H groups in total. The largest absolute Gasteiger partial charge is 0.399 e. The van der Waals surface area contributed by atoms with Gasteiger partial charge in [-0.05, 0) is 29.1 Å². The van der Waals surface area contributed by atoms with E-state index >= 15 is 0 Å². The van der Waals surface area contributed by atoms with E-state index in [9.17, 15) is 4.79 Å². The number of anilines is 2. The maximum absolute atomic E-state index is 11.5. The van der Waals surface area contributed by atoms with E-state index in [4.69, 9.17) is 5.73 Å². The fraction of sp³-hybridized carbons (Fsp3) is 0.154. The van der Waals surface area contributed by atoms with Crippen molar-refractivity contribution in [1.82, 2.24) is 0 Å². The van der Waals surface area contributed by atoms with Gasteiger partial charge in [0.1, 0.15) is 0 Å². The number of carbonyl (C=O) groups is 1. The van der Waals surface area contributed by atoms with Crippen molar-refractivity contribution >= 4 is 28.1 Å². The normalized spacial score (nSPS) is 13.4. The molecule has 0 aliphatic carbocycles. The predicted octanol–water partition coefficient (Wildman–Crippen LogP) is 2.29. The van der Waals surface area contributed by atoms with E-state index in [2.05, 4.69) is 0 Å². The smallest absolute Gasteiger partial charge is 0.224 e. The molecule has 2 aromatic carbocycles. The zero-order chi connectivity index (χ0) is 11.3. The van der Waals surface area contributed by atoms with E-state index < -0.39 is 0 Å². The van der Waals surface area contributed by atoms with Gasteiger partial charge in [-0.1, -0.05) is 12.1 Å². The van der Waals surface area contributed by atoms with E-state index in [0.717, 1.165) is 27.7 Å². The quantitative estimate of drug-likeness (QED) is 0.681. The van der Waals surface area contributed by atoms with Gasteiger partial charge in [0.25, 0.3) is 0 Å². The highest BCUT2D eigenvalue weighted by Crippen LogP contribution is 2.38. The van der Waals surface area contributed by atoms with E-state index in [1.54, 1.807) is 11.8 Å². The molecule has 3 nitrogen and oxygen atoms in total. The highest BCUT2D eigenvalue weighted by molar-refractivity contribution is 6.08. The summed E-state index contributed by atoms with van der Waals surface area (Å²) in [6.45, 7) is 2.23. The van der Waals surface area contributed by atoms with Gasteiger partial charge < -0.3 is 10.6 Å². The van der Waals surface area contributed by atoms with Crippen LogP contribution in [0.5, 0.6) is 0 Å². The van der Waals surface area contributed by atoms with Crippen molar-refractivity contribution in [3.8, 4) is 0 Å². The van der Waals surface area contributed by atoms with Gasteiger partial charge in [-0.3, -0.25) is 4.79 Å². The van der Waals surface area contributed by atoms with Crippen LogP contribution in [0.3, 0.4) is 0 Å². The van der Waals surface area contributed by atoms with Gasteiger partial charge in [0.2, 0.25) is 5.91 Å². The summed E-state index contributed by atoms with van der Waals surface area (Å²) in [5.74, 6) is 0.0715. The summed E-state index contributed by atoms with van der Waals surface area (Å²) in [6.07, 6.45) is 0. The Hall–Kier alpha value is -2.03. The first-order valence-electron chi connectivity index (χ1n) is 5.26. The summed E-state index contributed by atoms with van der Waals surface area (Å²) in [6, 6.07) is 9.88. The lowest BCUT2D eigenvalue weighted by Crippen LogP contribution is -2.23. The molecule has 3 heteroatoms. The van der Waals surface area contributed by atoms with Gasteiger partial charge in [-0.25, -0.2) is 0 Å². The number of hydrogen-bond acceptors (Lipinski definition) is 2. The van der Waals surface area contributed by atoms with Crippen LogP contribution in [0.4, 0.5) is 11.4 Å². The van der Waals surface area contributed by atoms with Gasteiger partial charge in [-0.15, -0.1) is 0 Å². The number of nitrogen functional groups attached to an aromatic ring is 1. The van der Waals surface area contributed by atoms with Crippen LogP contribution in [0.15, 0.2) is 30.3 Å². The number of benzene rings is 2. The summed E-state index contributed by atoms with van der Waals surface area (Å²) < 4.78 is 0. The molecule has 0 aromatic heterocycles. The molecule has 0 unspecified atom stereocenters. The van der Waals surface area contributed by atoms with Crippen molar-refractivity contribution in [2.75, 3.05) is 10.6 Å². The zero-order valence-electron chi connectivity index (χ0n) is 9.03. The molecule has 1 heterocycles. The molecule has 0 fully saturated rings. The van der Waals surface area contributed by atoms with E-state index in [0.29, 0.717) is 6.54 Å². The van der Waals surface area contributed by atoms with Crippen molar-refractivity contribution in [3.63, 3.8) is 0 Å². The molecule has 0 saturated carbocycles. The molecule has 2 aromatic rings. The van der Waals surface area contributed by atoms with Gasteiger partial charge in [0.05, 0.1) is 12.2 Å². The Morgan fingerprint density at radius 2 is 2.19 bits per heavy atom. The maximum atomic E-state index is 11.5. The van der Waals surface area contributed by atoms with Crippen molar-refractivity contribution < 1.29 is 4.79 Å². The van der Waals surface area contributed by atoms with Crippen molar-refractivity contribution in [2.24, 2.45) is 0 Å². The Balaban J connectivity index is 2.36. The van der Waals surface area contributed by atoms with Crippen LogP contribution in [-0.2, 0) is 11.3 Å². The van der Waals surface area contributed by atoms with Gasteiger partial charge in [-0.2, -0.15) is 0 Å². The summed E-state index contributed by atoms with van der Waals surface area (Å²) >= 11 is 0. The molecule has 0 radical (unpaired) electrons. The third-order valence-corrected chi connectivity index (χ3v) is 3.06. The minimum Gasteiger partial charge on any atom is -0.399 e. The van der Waals surface area contributed by atoms with Crippen LogP contribution < -0.4 is 10.6 Å². The Kier molecular flexibility index (Phi) is 1.72. The lowest BCUT2D eigenvalue weighted by atomic mass is 10.0. The molecule has 1 aliphatic rings. The van der Waals surface area contributed by atoms with Crippen LogP contribution in [0.1, 0.15) is 12.5 Å². The fourth-order valence-electron chi connectivity index (χ4n) is 2.41. The van der Waals surface area contributed by atoms with Gasteiger partial charge in [0.15, 0.2) is 0 Å². The Morgan fingerprint density at radius 3 is 2.94 bits per heavy atom. The first kappa shape index (κ1) is 9.21. The monoisotopic (exact) mass is 212 g/mol. The van der Waals surface area contributed by atoms with Crippen molar-refractivity contribution in [3.05, 3.63) is 35.9 Å². The zero-order valence-corrected chi connectivity index (χ0v) is 9.03. The second-order valence-electron chi connectivity index (χ2n) is 4.16. The van der Waals surface area contributed by atoms with Gasteiger partial charge in [0, 0.05) is 18.0 Å². The third kappa shape index (κ3) is 1.11. The van der Waals surface area contributed by atoms with E-state index in [-0.39, 0.29) is 5.91 Å². The van der Waals surface area contributed by atoms with Crippen LogP contribution in [0.2, 0.25) is 0 Å². The fourth-order valence-corrected chi connectivity index (χ4v) is 2.41. The van der Waals surface area contributed by atoms with Crippen LogP contribution in [-0.4, -0.2) is 5.91 Å². The lowest BCUT2D eigenvalue weighted by molar-refractivity contribution is -0.116. The second kappa shape index (κ2) is 2.98. The standard InChI is InChI=1S/C13H12N2O/c1-8(16)15-7-10-6-11(14)5-9-3-2-4-12(15)13(9)10/h2-6H,7,14H2,1H3. The molecule has 1 aliphatic heterocycles. The summed E-state index contributed by atoms with van der Waals surface area (Å²) in [5, 5.41) is 2.27. The van der Waals surface area contributed by atoms with E-state index in [1.807, 2.05) is 30.3 Å². The van der Waals surface area contributed by atoms with Crippen molar-refractivity contribution in [1.29, 1.82) is 0 Å². The summed E-state index contributed by atoms with van der Waals surface area (Å²) in [7, 11) is 0. The SMILES string of the molecule is CC(=O)N1Cc2cc(N)cc3cccc1c23. The average Bonchev–Trinajstić information content (AvgIpc) is 2.59. The first-order valence-corrected chi connectivity index (χ1v) is 5.26. The Bertz CT molecular complexity index is 604. The van der Waals surface area contributed by atoms with Crippen LogP contribution in [0, 0.1) is 0 Å². The average molecular weight is 212 g/mol. The molecule has 0 bridgehead atoms.